The third kappa shape index (κ3) is 5.16. The van der Waals surface area contributed by atoms with E-state index in [0.717, 1.165) is 25.5 Å². The van der Waals surface area contributed by atoms with Crippen LogP contribution in [0.25, 0.3) is 0 Å². The number of carbonyl (C=O) groups is 1. The van der Waals surface area contributed by atoms with Gasteiger partial charge in [-0.3, -0.25) is 4.79 Å². The minimum atomic E-state index is -4.45. The number of benzene rings is 1. The number of hydrogen-bond acceptors (Lipinski definition) is 2. The maximum absolute atomic E-state index is 12.7. The highest BCUT2D eigenvalue weighted by Crippen LogP contribution is 2.36. The topological polar surface area (TPSA) is 41.1 Å². The molecule has 0 bridgehead atoms. The summed E-state index contributed by atoms with van der Waals surface area (Å²) in [4.78, 5) is 11.8. The zero-order valence-electron chi connectivity index (χ0n) is 11.0. The lowest BCUT2D eigenvalue weighted by molar-refractivity contribution is -0.138. The summed E-state index contributed by atoms with van der Waals surface area (Å²) in [7, 11) is 0. The van der Waals surface area contributed by atoms with Crippen molar-refractivity contribution in [2.45, 2.75) is 31.5 Å². The average molecular weight is 388 g/mol. The van der Waals surface area contributed by atoms with Gasteiger partial charge in [0.05, 0.1) is 5.56 Å². The van der Waals surface area contributed by atoms with Crippen LogP contribution in [0.1, 0.15) is 24.8 Å². The number of carbonyl (C=O) groups excluding carboxylic acids is 1. The maximum Gasteiger partial charge on any atom is 0.417 e. The van der Waals surface area contributed by atoms with Gasteiger partial charge in [-0.2, -0.15) is 13.2 Å². The number of hydrogen-bond donors (Lipinski definition) is 2. The van der Waals surface area contributed by atoms with E-state index >= 15 is 0 Å². The summed E-state index contributed by atoms with van der Waals surface area (Å²) >= 11 is 2.86. The molecule has 0 radical (unpaired) electrons. The van der Waals surface area contributed by atoms with Crippen LogP contribution in [-0.4, -0.2) is 18.5 Å². The number of alkyl halides is 3. The normalized spacial score (nSPS) is 18.2. The highest BCUT2D eigenvalue weighted by Gasteiger charge is 2.33. The third-order valence-electron chi connectivity index (χ3n) is 3.15. The fraction of sp³-hybridized carbons (Fsp3) is 0.462. The van der Waals surface area contributed by atoms with Crippen LogP contribution in [0.3, 0.4) is 0 Å². The van der Waals surface area contributed by atoms with Crippen molar-refractivity contribution < 1.29 is 18.0 Å². The summed E-state index contributed by atoms with van der Waals surface area (Å²) in [6.07, 6.45) is -2.24. The molecule has 1 aliphatic rings. The van der Waals surface area contributed by atoms with E-state index in [1.165, 1.54) is 12.1 Å². The van der Waals surface area contributed by atoms with Crippen LogP contribution in [0.5, 0.6) is 0 Å². The molecule has 21 heavy (non-hydrogen) atoms. The second-order valence-electron chi connectivity index (χ2n) is 4.74. The minimum absolute atomic E-state index is 0. The number of nitrogens with one attached hydrogen (secondary N) is 2. The molecule has 2 rings (SSSR count). The van der Waals surface area contributed by atoms with E-state index in [1.807, 2.05) is 0 Å². The molecule has 1 unspecified atom stereocenters. The van der Waals surface area contributed by atoms with Crippen LogP contribution in [0.2, 0.25) is 0 Å². The zero-order valence-corrected chi connectivity index (χ0v) is 13.4. The molecular weight excluding hydrogens is 373 g/mol. The summed E-state index contributed by atoms with van der Waals surface area (Å²) in [6, 6.07) is 3.78. The van der Waals surface area contributed by atoms with Crippen molar-refractivity contribution in [3.05, 3.63) is 28.2 Å². The fourth-order valence-corrected chi connectivity index (χ4v) is 2.66. The van der Waals surface area contributed by atoms with Crippen molar-refractivity contribution in [2.75, 3.05) is 11.9 Å². The van der Waals surface area contributed by atoms with E-state index in [9.17, 15) is 18.0 Å². The molecule has 1 fully saturated rings. The summed E-state index contributed by atoms with van der Waals surface area (Å²) in [6.45, 7) is 0.883. The van der Waals surface area contributed by atoms with Gasteiger partial charge in [0, 0.05) is 22.6 Å². The second kappa shape index (κ2) is 7.47. The van der Waals surface area contributed by atoms with Crippen LogP contribution >= 0.6 is 28.3 Å². The standard InChI is InChI=1S/C13H14BrF3N2O.ClH/c14-11-4-3-9(6-10(11)13(15,16)17)19-12(20)7-8-2-1-5-18-8;/h3-4,6,8,18H,1-2,5,7H2,(H,19,20);1H. The van der Waals surface area contributed by atoms with Crippen LogP contribution in [0.15, 0.2) is 22.7 Å². The molecule has 1 saturated heterocycles. The molecule has 8 heteroatoms. The Labute approximate surface area is 135 Å². The molecule has 0 spiro atoms. The van der Waals surface area contributed by atoms with Crippen molar-refractivity contribution in [3.63, 3.8) is 0 Å². The van der Waals surface area contributed by atoms with Gasteiger partial charge in [-0.05, 0) is 37.6 Å². The lowest BCUT2D eigenvalue weighted by Crippen LogP contribution is -2.27. The van der Waals surface area contributed by atoms with Gasteiger partial charge in [0.1, 0.15) is 0 Å². The monoisotopic (exact) mass is 386 g/mol. The van der Waals surface area contributed by atoms with Gasteiger partial charge >= 0.3 is 6.18 Å². The van der Waals surface area contributed by atoms with Crippen molar-refractivity contribution in [1.82, 2.24) is 5.32 Å². The van der Waals surface area contributed by atoms with E-state index in [2.05, 4.69) is 26.6 Å². The molecule has 3 nitrogen and oxygen atoms in total. The fourth-order valence-electron chi connectivity index (χ4n) is 2.19. The lowest BCUT2D eigenvalue weighted by Gasteiger charge is -2.13. The van der Waals surface area contributed by atoms with Crippen LogP contribution < -0.4 is 10.6 Å². The molecule has 1 amide bonds. The van der Waals surface area contributed by atoms with Gasteiger partial charge in [0.25, 0.3) is 0 Å². The highest BCUT2D eigenvalue weighted by atomic mass is 79.9. The Morgan fingerprint density at radius 1 is 1.43 bits per heavy atom. The molecule has 1 aromatic carbocycles. The first-order chi connectivity index (χ1) is 9.36. The Bertz CT molecular complexity index is 505. The van der Waals surface area contributed by atoms with Crippen LogP contribution in [-0.2, 0) is 11.0 Å². The summed E-state index contributed by atoms with van der Waals surface area (Å²) in [5, 5.41) is 5.68. The largest absolute Gasteiger partial charge is 0.417 e. The number of rotatable bonds is 3. The van der Waals surface area contributed by atoms with Gasteiger partial charge in [-0.15, -0.1) is 12.4 Å². The van der Waals surface area contributed by atoms with Crippen LogP contribution in [0, 0.1) is 0 Å². The molecule has 2 N–H and O–H groups in total. The smallest absolute Gasteiger partial charge is 0.326 e. The Morgan fingerprint density at radius 3 is 2.71 bits per heavy atom. The number of anilines is 1. The first kappa shape index (κ1) is 18.3. The Morgan fingerprint density at radius 2 is 2.14 bits per heavy atom. The van der Waals surface area contributed by atoms with E-state index in [4.69, 9.17) is 0 Å². The molecule has 1 heterocycles. The second-order valence-corrected chi connectivity index (χ2v) is 5.59. The summed E-state index contributed by atoms with van der Waals surface area (Å²) < 4.78 is 38.2. The Hall–Kier alpha value is -0.790. The SMILES string of the molecule is Cl.O=C(CC1CCCN1)Nc1ccc(Br)c(C(F)(F)F)c1. The van der Waals surface area contributed by atoms with Gasteiger partial charge in [0.15, 0.2) is 0 Å². The predicted molar refractivity (Wildman–Crippen MR) is 80.7 cm³/mol. The Kier molecular flexibility index (Phi) is 6.49. The van der Waals surface area contributed by atoms with Gasteiger partial charge in [-0.1, -0.05) is 15.9 Å². The predicted octanol–water partition coefficient (Wildman–Crippen LogP) is 3.97. The average Bonchev–Trinajstić information content (AvgIpc) is 2.83. The number of halogens is 5. The van der Waals surface area contributed by atoms with Crippen LogP contribution in [0.4, 0.5) is 18.9 Å². The van der Waals surface area contributed by atoms with Gasteiger partial charge in [0.2, 0.25) is 5.91 Å². The molecule has 0 saturated carbocycles. The van der Waals surface area contributed by atoms with Crippen molar-refractivity contribution in [2.24, 2.45) is 0 Å². The number of amides is 1. The van der Waals surface area contributed by atoms with E-state index < -0.39 is 11.7 Å². The summed E-state index contributed by atoms with van der Waals surface area (Å²) in [5.74, 6) is -0.278. The molecule has 0 aromatic heterocycles. The summed E-state index contributed by atoms with van der Waals surface area (Å²) in [5.41, 5.74) is -0.641. The first-order valence-corrected chi connectivity index (χ1v) is 7.05. The lowest BCUT2D eigenvalue weighted by atomic mass is 10.1. The molecular formula is C13H15BrClF3N2O. The van der Waals surface area contributed by atoms with E-state index in [-0.39, 0.29) is 40.9 Å². The third-order valence-corrected chi connectivity index (χ3v) is 3.84. The van der Waals surface area contributed by atoms with Crippen molar-refractivity contribution in [1.29, 1.82) is 0 Å². The van der Waals surface area contributed by atoms with Crippen molar-refractivity contribution >= 4 is 39.9 Å². The Balaban J connectivity index is 0.00000220. The quantitative estimate of drug-likeness (QED) is 0.824. The van der Waals surface area contributed by atoms with E-state index in [1.54, 1.807) is 0 Å². The molecule has 1 atom stereocenters. The van der Waals surface area contributed by atoms with E-state index in [0.29, 0.717) is 0 Å². The van der Waals surface area contributed by atoms with Gasteiger partial charge in [-0.25, -0.2) is 0 Å². The molecule has 118 valence electrons. The van der Waals surface area contributed by atoms with Crippen molar-refractivity contribution in [3.8, 4) is 0 Å². The molecule has 1 aliphatic heterocycles. The minimum Gasteiger partial charge on any atom is -0.326 e. The first-order valence-electron chi connectivity index (χ1n) is 6.26. The zero-order chi connectivity index (χ0) is 14.8. The molecule has 0 aliphatic carbocycles. The highest BCUT2D eigenvalue weighted by molar-refractivity contribution is 9.10. The maximum atomic E-state index is 12.7. The van der Waals surface area contributed by atoms with Gasteiger partial charge < -0.3 is 10.6 Å². The molecule has 1 aromatic rings.